The summed E-state index contributed by atoms with van der Waals surface area (Å²) in [4.78, 5) is 6.76. The van der Waals surface area contributed by atoms with E-state index in [-0.39, 0.29) is 5.41 Å². The van der Waals surface area contributed by atoms with Gasteiger partial charge >= 0.3 is 0 Å². The summed E-state index contributed by atoms with van der Waals surface area (Å²) in [6.45, 7) is 9.92. The van der Waals surface area contributed by atoms with Crippen LogP contribution in [0.15, 0.2) is 12.3 Å². The molecule has 0 atom stereocenters. The zero-order valence-electron chi connectivity index (χ0n) is 14.3. The van der Waals surface area contributed by atoms with E-state index in [1.165, 1.54) is 0 Å². The van der Waals surface area contributed by atoms with Crippen LogP contribution in [0.4, 0.5) is 0 Å². The van der Waals surface area contributed by atoms with Crippen molar-refractivity contribution in [1.29, 1.82) is 5.26 Å². The van der Waals surface area contributed by atoms with Crippen LogP contribution in [0, 0.1) is 11.3 Å². The van der Waals surface area contributed by atoms with Crippen molar-refractivity contribution in [2.24, 2.45) is 0 Å². The summed E-state index contributed by atoms with van der Waals surface area (Å²) in [5.74, 6) is 0. The third-order valence-electron chi connectivity index (χ3n) is 3.40. The number of nitriles is 1. The fraction of sp³-hybridized carbons (Fsp3) is 0.647. The van der Waals surface area contributed by atoms with Crippen LogP contribution in [0.5, 0.6) is 0 Å². The summed E-state index contributed by atoms with van der Waals surface area (Å²) in [7, 11) is 3.39. The largest absolute Gasteiger partial charge is 0.383 e. The van der Waals surface area contributed by atoms with Crippen molar-refractivity contribution in [2.45, 2.75) is 32.7 Å². The van der Waals surface area contributed by atoms with Gasteiger partial charge in [-0.2, -0.15) is 5.26 Å². The molecule has 0 saturated carbocycles. The predicted molar refractivity (Wildman–Crippen MR) is 86.7 cm³/mol. The highest BCUT2D eigenvalue weighted by molar-refractivity contribution is 5.39. The average Bonchev–Trinajstić information content (AvgIpc) is 2.48. The van der Waals surface area contributed by atoms with Crippen LogP contribution < -0.4 is 0 Å². The number of ether oxygens (including phenoxy) is 2. The maximum Gasteiger partial charge on any atom is 0.101 e. The second-order valence-corrected chi connectivity index (χ2v) is 6.36. The van der Waals surface area contributed by atoms with Crippen molar-refractivity contribution in [3.63, 3.8) is 0 Å². The zero-order valence-corrected chi connectivity index (χ0v) is 14.3. The maximum atomic E-state index is 9.38. The molecule has 1 rings (SSSR count). The first-order chi connectivity index (χ1) is 10.4. The van der Waals surface area contributed by atoms with Gasteiger partial charge in [0.1, 0.15) is 6.07 Å². The van der Waals surface area contributed by atoms with Gasteiger partial charge in [-0.3, -0.25) is 9.88 Å². The van der Waals surface area contributed by atoms with Crippen LogP contribution in [-0.4, -0.2) is 50.4 Å². The van der Waals surface area contributed by atoms with Crippen LogP contribution in [0.3, 0.4) is 0 Å². The lowest BCUT2D eigenvalue weighted by Crippen LogP contribution is -2.30. The Morgan fingerprint density at radius 3 is 2.23 bits per heavy atom. The Balaban J connectivity index is 2.88. The molecule has 0 bridgehead atoms. The highest BCUT2D eigenvalue weighted by Gasteiger charge is 2.20. The topological polar surface area (TPSA) is 58.4 Å². The molecule has 1 aromatic rings. The zero-order chi connectivity index (χ0) is 16.6. The van der Waals surface area contributed by atoms with Crippen molar-refractivity contribution in [2.75, 3.05) is 40.5 Å². The highest BCUT2D eigenvalue weighted by atomic mass is 16.5. The Hall–Kier alpha value is -1.48. The molecule has 5 heteroatoms. The molecule has 0 aliphatic heterocycles. The molecule has 0 unspecified atom stereocenters. The molecule has 22 heavy (non-hydrogen) atoms. The van der Waals surface area contributed by atoms with Crippen molar-refractivity contribution < 1.29 is 9.47 Å². The number of methoxy groups -OCH3 is 2. The lowest BCUT2D eigenvalue weighted by atomic mass is 9.88. The lowest BCUT2D eigenvalue weighted by Gasteiger charge is -2.23. The van der Waals surface area contributed by atoms with Crippen molar-refractivity contribution in [3.05, 3.63) is 29.1 Å². The van der Waals surface area contributed by atoms with E-state index in [2.05, 4.69) is 36.7 Å². The molecule has 0 N–H and O–H groups in total. The fourth-order valence-electron chi connectivity index (χ4n) is 2.25. The van der Waals surface area contributed by atoms with E-state index in [0.717, 1.165) is 30.9 Å². The van der Waals surface area contributed by atoms with E-state index in [0.29, 0.717) is 18.8 Å². The summed E-state index contributed by atoms with van der Waals surface area (Å²) < 4.78 is 10.3. The molecule has 1 heterocycles. The van der Waals surface area contributed by atoms with E-state index in [9.17, 15) is 5.26 Å². The van der Waals surface area contributed by atoms with Gasteiger partial charge in [-0.1, -0.05) is 20.8 Å². The molecule has 122 valence electrons. The average molecular weight is 305 g/mol. The first kappa shape index (κ1) is 18.6. The number of hydrogen-bond donors (Lipinski definition) is 0. The maximum absolute atomic E-state index is 9.38. The smallest absolute Gasteiger partial charge is 0.101 e. The molecule has 0 fully saturated rings. The minimum atomic E-state index is -0.130. The number of rotatable bonds is 8. The van der Waals surface area contributed by atoms with Crippen molar-refractivity contribution in [3.8, 4) is 6.07 Å². The minimum absolute atomic E-state index is 0.130. The fourth-order valence-corrected chi connectivity index (χ4v) is 2.25. The van der Waals surface area contributed by atoms with Crippen LogP contribution in [-0.2, 0) is 21.4 Å². The monoisotopic (exact) mass is 305 g/mol. The molecular formula is C17H27N3O2. The molecule has 0 aromatic carbocycles. The number of aromatic nitrogens is 1. The van der Waals surface area contributed by atoms with Gasteiger partial charge in [-0.05, 0) is 11.6 Å². The van der Waals surface area contributed by atoms with Gasteiger partial charge in [-0.15, -0.1) is 0 Å². The number of pyridine rings is 1. The SMILES string of the molecule is COCCN(CCOC)Cc1cnc(C(C)(C)C)c(C#N)c1. The summed E-state index contributed by atoms with van der Waals surface area (Å²) in [5.41, 5.74) is 2.41. The van der Waals surface area contributed by atoms with Crippen LogP contribution in [0.2, 0.25) is 0 Å². The summed E-state index contributed by atoms with van der Waals surface area (Å²) in [6, 6.07) is 4.22. The van der Waals surface area contributed by atoms with Gasteiger partial charge in [-0.25, -0.2) is 0 Å². The third kappa shape index (κ3) is 5.72. The van der Waals surface area contributed by atoms with E-state index >= 15 is 0 Å². The molecule has 5 nitrogen and oxygen atoms in total. The number of hydrogen-bond acceptors (Lipinski definition) is 5. The summed E-state index contributed by atoms with van der Waals surface area (Å²) in [6.07, 6.45) is 1.87. The second kappa shape index (κ2) is 8.84. The van der Waals surface area contributed by atoms with Crippen LogP contribution in [0.1, 0.15) is 37.6 Å². The van der Waals surface area contributed by atoms with Gasteiger partial charge in [0, 0.05) is 45.5 Å². The minimum Gasteiger partial charge on any atom is -0.383 e. The van der Waals surface area contributed by atoms with Gasteiger partial charge in [0.15, 0.2) is 0 Å². The van der Waals surface area contributed by atoms with E-state index in [4.69, 9.17) is 9.47 Å². The molecule has 0 saturated heterocycles. The Kier molecular flexibility index (Phi) is 7.46. The van der Waals surface area contributed by atoms with Gasteiger partial charge < -0.3 is 9.47 Å². The summed E-state index contributed by atoms with van der Waals surface area (Å²) in [5, 5.41) is 9.38. The van der Waals surface area contributed by atoms with E-state index in [1.807, 2.05) is 12.3 Å². The Morgan fingerprint density at radius 2 is 1.77 bits per heavy atom. The molecule has 0 radical (unpaired) electrons. The molecule has 1 aromatic heterocycles. The highest BCUT2D eigenvalue weighted by Crippen LogP contribution is 2.24. The lowest BCUT2D eigenvalue weighted by molar-refractivity contribution is 0.110. The standard InChI is InChI=1S/C17H27N3O2/c1-17(2,3)16-15(11-18)10-14(12-19-16)13-20(6-8-21-4)7-9-22-5/h10,12H,6-9,13H2,1-5H3. The second-order valence-electron chi connectivity index (χ2n) is 6.36. The predicted octanol–water partition coefficient (Wildman–Crippen LogP) is 2.35. The van der Waals surface area contributed by atoms with E-state index < -0.39 is 0 Å². The Morgan fingerprint density at radius 1 is 1.18 bits per heavy atom. The van der Waals surface area contributed by atoms with Gasteiger partial charge in [0.05, 0.1) is 24.5 Å². The van der Waals surface area contributed by atoms with Crippen molar-refractivity contribution >= 4 is 0 Å². The quantitative estimate of drug-likeness (QED) is 0.738. The molecule has 0 amide bonds. The Bertz CT molecular complexity index is 496. The van der Waals surface area contributed by atoms with Gasteiger partial charge in [0.25, 0.3) is 0 Å². The number of nitrogens with zero attached hydrogens (tertiary/aromatic N) is 3. The molecule has 0 spiro atoms. The molecule has 0 aliphatic carbocycles. The Labute approximate surface area is 133 Å². The van der Waals surface area contributed by atoms with Gasteiger partial charge in [0.2, 0.25) is 0 Å². The van der Waals surface area contributed by atoms with Crippen molar-refractivity contribution in [1.82, 2.24) is 9.88 Å². The third-order valence-corrected chi connectivity index (χ3v) is 3.40. The first-order valence-corrected chi connectivity index (χ1v) is 7.52. The summed E-state index contributed by atoms with van der Waals surface area (Å²) >= 11 is 0. The molecular weight excluding hydrogens is 278 g/mol. The van der Waals surface area contributed by atoms with Crippen LogP contribution >= 0.6 is 0 Å². The normalized spacial score (nSPS) is 11.7. The first-order valence-electron chi connectivity index (χ1n) is 7.52. The van der Waals surface area contributed by atoms with Crippen LogP contribution in [0.25, 0.3) is 0 Å². The molecule has 0 aliphatic rings. The van der Waals surface area contributed by atoms with E-state index in [1.54, 1.807) is 14.2 Å².